The zero-order chi connectivity index (χ0) is 13.0. The summed E-state index contributed by atoms with van der Waals surface area (Å²) in [5.74, 6) is -0.465. The van der Waals surface area contributed by atoms with Crippen LogP contribution in [-0.2, 0) is 13.1 Å². The van der Waals surface area contributed by atoms with Gasteiger partial charge in [0.2, 0.25) is 0 Å². The Morgan fingerprint density at radius 1 is 1.33 bits per heavy atom. The van der Waals surface area contributed by atoms with Crippen molar-refractivity contribution in [3.63, 3.8) is 0 Å². The van der Waals surface area contributed by atoms with E-state index in [1.54, 1.807) is 29.1 Å². The lowest BCUT2D eigenvalue weighted by Gasteiger charge is -2.06. The van der Waals surface area contributed by atoms with Crippen LogP contribution in [0.15, 0.2) is 36.5 Å². The van der Waals surface area contributed by atoms with E-state index in [1.807, 2.05) is 6.92 Å². The Labute approximate surface area is 104 Å². The van der Waals surface area contributed by atoms with Gasteiger partial charge in [0, 0.05) is 19.3 Å². The molecule has 2 aromatic rings. The lowest BCUT2D eigenvalue weighted by atomic mass is 10.2. The lowest BCUT2D eigenvalue weighted by molar-refractivity contribution is 0.0940. The largest absolute Gasteiger partial charge is 0.347 e. The standard InChI is InChI=1S/C13H14FN3O/c1-2-17-12(7-8-16-17)13(18)15-9-10-3-5-11(14)6-4-10/h3-8H,2,9H2,1H3,(H,15,18). The summed E-state index contributed by atoms with van der Waals surface area (Å²) in [6.45, 7) is 2.93. The van der Waals surface area contributed by atoms with E-state index in [2.05, 4.69) is 10.4 Å². The Morgan fingerprint density at radius 3 is 2.72 bits per heavy atom. The van der Waals surface area contributed by atoms with Gasteiger partial charge in [-0.2, -0.15) is 5.10 Å². The van der Waals surface area contributed by atoms with E-state index >= 15 is 0 Å². The molecule has 1 amide bonds. The Hall–Kier alpha value is -2.17. The van der Waals surface area contributed by atoms with Gasteiger partial charge in [0.1, 0.15) is 11.5 Å². The SMILES string of the molecule is CCn1nccc1C(=O)NCc1ccc(F)cc1. The van der Waals surface area contributed by atoms with Crippen molar-refractivity contribution in [3.05, 3.63) is 53.6 Å². The highest BCUT2D eigenvalue weighted by atomic mass is 19.1. The maximum atomic E-state index is 12.7. The van der Waals surface area contributed by atoms with Crippen LogP contribution in [0.2, 0.25) is 0 Å². The number of aryl methyl sites for hydroxylation is 1. The molecule has 0 atom stereocenters. The van der Waals surface area contributed by atoms with Gasteiger partial charge in [-0.05, 0) is 30.7 Å². The van der Waals surface area contributed by atoms with Gasteiger partial charge in [0.05, 0.1) is 0 Å². The molecule has 5 heteroatoms. The van der Waals surface area contributed by atoms with Crippen molar-refractivity contribution >= 4 is 5.91 Å². The van der Waals surface area contributed by atoms with Crippen LogP contribution >= 0.6 is 0 Å². The van der Waals surface area contributed by atoms with Crippen LogP contribution in [0, 0.1) is 5.82 Å². The molecule has 0 fully saturated rings. The third-order valence-electron chi connectivity index (χ3n) is 2.62. The van der Waals surface area contributed by atoms with Gasteiger partial charge in [-0.25, -0.2) is 4.39 Å². The summed E-state index contributed by atoms with van der Waals surface area (Å²) in [5.41, 5.74) is 1.38. The molecular formula is C13H14FN3O. The average Bonchev–Trinajstić information content (AvgIpc) is 2.86. The van der Waals surface area contributed by atoms with Gasteiger partial charge < -0.3 is 5.32 Å². The van der Waals surface area contributed by atoms with Crippen LogP contribution in [0.1, 0.15) is 23.0 Å². The number of halogens is 1. The van der Waals surface area contributed by atoms with Crippen LogP contribution < -0.4 is 5.32 Å². The average molecular weight is 247 g/mol. The second-order valence-electron chi connectivity index (χ2n) is 3.84. The summed E-state index contributed by atoms with van der Waals surface area (Å²) in [7, 11) is 0. The van der Waals surface area contributed by atoms with Crippen molar-refractivity contribution < 1.29 is 9.18 Å². The Morgan fingerprint density at radius 2 is 2.06 bits per heavy atom. The van der Waals surface area contributed by atoms with Gasteiger partial charge in [-0.3, -0.25) is 9.48 Å². The molecular weight excluding hydrogens is 233 g/mol. The first kappa shape index (κ1) is 12.3. The zero-order valence-electron chi connectivity index (χ0n) is 10.1. The lowest BCUT2D eigenvalue weighted by Crippen LogP contribution is -2.25. The number of benzene rings is 1. The molecule has 0 saturated heterocycles. The van der Waals surface area contributed by atoms with E-state index < -0.39 is 0 Å². The van der Waals surface area contributed by atoms with Crippen molar-refractivity contribution in [2.24, 2.45) is 0 Å². The minimum absolute atomic E-state index is 0.182. The molecule has 0 aliphatic rings. The van der Waals surface area contributed by atoms with Crippen LogP contribution in [-0.4, -0.2) is 15.7 Å². The molecule has 0 bridgehead atoms. The Bertz CT molecular complexity index is 533. The predicted molar refractivity (Wildman–Crippen MR) is 65.5 cm³/mol. The molecule has 0 aliphatic heterocycles. The maximum Gasteiger partial charge on any atom is 0.269 e. The van der Waals surface area contributed by atoms with E-state index in [0.29, 0.717) is 18.8 Å². The first-order valence-corrected chi connectivity index (χ1v) is 5.75. The highest BCUT2D eigenvalue weighted by Crippen LogP contribution is 2.03. The number of hydrogen-bond acceptors (Lipinski definition) is 2. The molecule has 0 unspecified atom stereocenters. The fourth-order valence-electron chi connectivity index (χ4n) is 1.65. The van der Waals surface area contributed by atoms with Gasteiger partial charge >= 0.3 is 0 Å². The van der Waals surface area contributed by atoms with Crippen LogP contribution in [0.3, 0.4) is 0 Å². The van der Waals surface area contributed by atoms with Crippen LogP contribution in [0.25, 0.3) is 0 Å². The van der Waals surface area contributed by atoms with Crippen molar-refractivity contribution in [2.45, 2.75) is 20.0 Å². The van der Waals surface area contributed by atoms with Gasteiger partial charge in [0.15, 0.2) is 0 Å². The summed E-state index contributed by atoms with van der Waals surface area (Å²) in [4.78, 5) is 11.9. The second kappa shape index (κ2) is 5.44. The molecule has 1 heterocycles. The molecule has 0 spiro atoms. The Kier molecular flexibility index (Phi) is 3.72. The highest BCUT2D eigenvalue weighted by molar-refractivity contribution is 5.92. The van der Waals surface area contributed by atoms with E-state index in [1.165, 1.54) is 12.1 Å². The minimum atomic E-state index is -0.283. The molecule has 0 radical (unpaired) electrons. The molecule has 1 N–H and O–H groups in total. The normalized spacial score (nSPS) is 10.3. The fraction of sp³-hybridized carbons (Fsp3) is 0.231. The van der Waals surface area contributed by atoms with Crippen molar-refractivity contribution in [3.8, 4) is 0 Å². The molecule has 2 rings (SSSR count). The topological polar surface area (TPSA) is 46.9 Å². The number of carbonyl (C=O) groups is 1. The summed E-state index contributed by atoms with van der Waals surface area (Å²) in [5, 5.41) is 6.80. The predicted octanol–water partition coefficient (Wildman–Crippen LogP) is 1.97. The molecule has 4 nitrogen and oxygen atoms in total. The number of nitrogens with one attached hydrogen (secondary N) is 1. The third kappa shape index (κ3) is 2.74. The number of carbonyl (C=O) groups excluding carboxylic acids is 1. The van der Waals surface area contributed by atoms with Gasteiger partial charge in [0.25, 0.3) is 5.91 Å². The quantitative estimate of drug-likeness (QED) is 0.897. The smallest absolute Gasteiger partial charge is 0.269 e. The van der Waals surface area contributed by atoms with Crippen LogP contribution in [0.5, 0.6) is 0 Å². The zero-order valence-corrected chi connectivity index (χ0v) is 10.1. The van der Waals surface area contributed by atoms with E-state index in [9.17, 15) is 9.18 Å². The van der Waals surface area contributed by atoms with E-state index in [4.69, 9.17) is 0 Å². The summed E-state index contributed by atoms with van der Waals surface area (Å²) in [6, 6.07) is 7.71. The number of rotatable bonds is 4. The maximum absolute atomic E-state index is 12.7. The Balaban J connectivity index is 1.98. The van der Waals surface area contributed by atoms with Crippen molar-refractivity contribution in [1.82, 2.24) is 15.1 Å². The number of hydrogen-bond donors (Lipinski definition) is 1. The third-order valence-corrected chi connectivity index (χ3v) is 2.62. The summed E-state index contributed by atoms with van der Waals surface area (Å²) in [6.07, 6.45) is 1.59. The van der Waals surface area contributed by atoms with E-state index in [-0.39, 0.29) is 11.7 Å². The molecule has 1 aromatic carbocycles. The monoisotopic (exact) mass is 247 g/mol. The first-order chi connectivity index (χ1) is 8.70. The number of nitrogens with zero attached hydrogens (tertiary/aromatic N) is 2. The fourth-order valence-corrected chi connectivity index (χ4v) is 1.65. The molecule has 1 aromatic heterocycles. The highest BCUT2D eigenvalue weighted by Gasteiger charge is 2.10. The molecule has 94 valence electrons. The van der Waals surface area contributed by atoms with Crippen molar-refractivity contribution in [2.75, 3.05) is 0 Å². The minimum Gasteiger partial charge on any atom is -0.347 e. The van der Waals surface area contributed by atoms with Gasteiger partial charge in [-0.15, -0.1) is 0 Å². The first-order valence-electron chi connectivity index (χ1n) is 5.75. The van der Waals surface area contributed by atoms with Gasteiger partial charge in [-0.1, -0.05) is 12.1 Å². The number of amides is 1. The molecule has 0 aliphatic carbocycles. The van der Waals surface area contributed by atoms with Crippen molar-refractivity contribution in [1.29, 1.82) is 0 Å². The summed E-state index contributed by atoms with van der Waals surface area (Å²) >= 11 is 0. The summed E-state index contributed by atoms with van der Waals surface area (Å²) < 4.78 is 14.3. The number of aromatic nitrogens is 2. The van der Waals surface area contributed by atoms with E-state index in [0.717, 1.165) is 5.56 Å². The van der Waals surface area contributed by atoms with Crippen LogP contribution in [0.4, 0.5) is 4.39 Å². The second-order valence-corrected chi connectivity index (χ2v) is 3.84. The molecule has 0 saturated carbocycles. The molecule has 18 heavy (non-hydrogen) atoms.